The molecular formula is C16H14N2O2S. The number of hydrogen-bond acceptors (Lipinski definition) is 4. The number of rotatable bonds is 4. The molecule has 0 saturated carbocycles. The zero-order valence-electron chi connectivity index (χ0n) is 11.6. The van der Waals surface area contributed by atoms with Crippen molar-refractivity contribution in [2.75, 3.05) is 7.11 Å². The number of ether oxygens (including phenoxy) is 1. The molecule has 0 N–H and O–H groups in total. The van der Waals surface area contributed by atoms with Crippen LogP contribution in [0, 0.1) is 11.3 Å². The van der Waals surface area contributed by atoms with Crippen LogP contribution >= 0.6 is 11.3 Å². The Morgan fingerprint density at radius 2 is 2.14 bits per heavy atom. The molecule has 4 nitrogen and oxygen atoms in total. The number of allylic oxidation sites excluding steroid dienone is 1. The van der Waals surface area contributed by atoms with Crippen molar-refractivity contribution in [1.82, 2.24) is 4.57 Å². The quantitative estimate of drug-likeness (QED) is 0.798. The lowest BCUT2D eigenvalue weighted by atomic mass is 10.2. The lowest BCUT2D eigenvalue weighted by Crippen LogP contribution is -2.30. The Bertz CT molecular complexity index is 852. The number of thiazole rings is 1. The Hall–Kier alpha value is -2.58. The molecule has 0 fully saturated rings. The molecule has 1 aromatic carbocycles. The molecule has 0 aliphatic heterocycles. The van der Waals surface area contributed by atoms with Gasteiger partial charge in [-0.1, -0.05) is 18.2 Å². The number of nitrogens with zero attached hydrogens (tertiary/aromatic N) is 2. The van der Waals surface area contributed by atoms with Crippen LogP contribution < -0.4 is 19.5 Å². The summed E-state index contributed by atoms with van der Waals surface area (Å²) in [4.78, 5) is 12.3. The van der Waals surface area contributed by atoms with Gasteiger partial charge in [-0.2, -0.15) is 5.26 Å². The van der Waals surface area contributed by atoms with Crippen LogP contribution in [0.4, 0.5) is 0 Å². The highest BCUT2D eigenvalue weighted by atomic mass is 32.1. The molecule has 0 bridgehead atoms. The summed E-state index contributed by atoms with van der Waals surface area (Å²) in [5.41, 5.74) is 0.792. The number of methoxy groups -OCH3 is 1. The molecule has 0 amide bonds. The zero-order valence-corrected chi connectivity index (χ0v) is 12.4. The van der Waals surface area contributed by atoms with E-state index in [9.17, 15) is 4.79 Å². The third-order valence-electron chi connectivity index (χ3n) is 2.85. The third-order valence-corrected chi connectivity index (χ3v) is 3.91. The second-order valence-electron chi connectivity index (χ2n) is 4.20. The minimum Gasteiger partial charge on any atom is -0.497 e. The minimum absolute atomic E-state index is 0.114. The van der Waals surface area contributed by atoms with Gasteiger partial charge in [0.15, 0.2) is 0 Å². The van der Waals surface area contributed by atoms with E-state index in [1.807, 2.05) is 30.3 Å². The summed E-state index contributed by atoms with van der Waals surface area (Å²) < 4.78 is 7.85. The average molecular weight is 298 g/mol. The van der Waals surface area contributed by atoms with E-state index in [0.29, 0.717) is 15.7 Å². The lowest BCUT2D eigenvalue weighted by Gasteiger charge is -1.98. The SMILES string of the molecule is C=CCn1c(=O)/c(=C/c2ccc(OC)cc2)s/c1=C\C#N. The van der Waals surface area contributed by atoms with Gasteiger partial charge in [0.05, 0.1) is 17.7 Å². The maximum Gasteiger partial charge on any atom is 0.269 e. The van der Waals surface area contributed by atoms with Crippen LogP contribution in [-0.2, 0) is 6.54 Å². The van der Waals surface area contributed by atoms with Crippen LogP contribution in [0.25, 0.3) is 12.2 Å². The molecule has 2 aromatic rings. The van der Waals surface area contributed by atoms with Gasteiger partial charge in [-0.25, -0.2) is 0 Å². The molecule has 0 atom stereocenters. The van der Waals surface area contributed by atoms with Gasteiger partial charge >= 0.3 is 0 Å². The lowest BCUT2D eigenvalue weighted by molar-refractivity contribution is 0.415. The molecule has 0 radical (unpaired) electrons. The average Bonchev–Trinajstić information content (AvgIpc) is 2.78. The fourth-order valence-corrected chi connectivity index (χ4v) is 2.85. The molecule has 106 valence electrons. The van der Waals surface area contributed by atoms with Gasteiger partial charge in [-0.15, -0.1) is 17.9 Å². The standard InChI is InChI=1S/C16H14N2O2S/c1-3-10-18-15(8-9-17)21-14(16(18)19)11-12-4-6-13(20-2)7-5-12/h3-8,11H,1,10H2,2H3/b14-11-,15-8-. The maximum absolute atomic E-state index is 12.3. The third kappa shape index (κ3) is 3.30. The van der Waals surface area contributed by atoms with Crippen LogP contribution in [0.2, 0.25) is 0 Å². The first-order chi connectivity index (χ1) is 10.2. The van der Waals surface area contributed by atoms with E-state index in [4.69, 9.17) is 10.00 Å². The van der Waals surface area contributed by atoms with Crippen molar-refractivity contribution in [2.45, 2.75) is 6.54 Å². The zero-order chi connectivity index (χ0) is 15.2. The van der Waals surface area contributed by atoms with Crippen molar-refractivity contribution in [3.8, 4) is 11.8 Å². The summed E-state index contributed by atoms with van der Waals surface area (Å²) in [5, 5.41) is 8.80. The van der Waals surface area contributed by atoms with Crippen molar-refractivity contribution >= 4 is 23.5 Å². The van der Waals surface area contributed by atoms with Gasteiger partial charge < -0.3 is 4.74 Å². The topological polar surface area (TPSA) is 55.0 Å². The van der Waals surface area contributed by atoms with Crippen molar-refractivity contribution in [1.29, 1.82) is 5.26 Å². The number of aromatic nitrogens is 1. The highest BCUT2D eigenvalue weighted by Gasteiger charge is 2.03. The molecule has 0 aliphatic rings. The van der Waals surface area contributed by atoms with Crippen LogP contribution in [-0.4, -0.2) is 11.7 Å². The summed E-state index contributed by atoms with van der Waals surface area (Å²) in [5.74, 6) is 0.765. The largest absolute Gasteiger partial charge is 0.497 e. The first-order valence-corrected chi connectivity index (χ1v) is 7.07. The highest BCUT2D eigenvalue weighted by molar-refractivity contribution is 7.07. The molecule has 5 heteroatoms. The smallest absolute Gasteiger partial charge is 0.269 e. The van der Waals surface area contributed by atoms with Crippen molar-refractivity contribution in [3.63, 3.8) is 0 Å². The van der Waals surface area contributed by atoms with Crippen molar-refractivity contribution in [3.05, 3.63) is 62.0 Å². The van der Waals surface area contributed by atoms with Crippen molar-refractivity contribution in [2.24, 2.45) is 0 Å². The molecule has 1 heterocycles. The molecule has 0 spiro atoms. The van der Waals surface area contributed by atoms with Crippen LogP contribution in [0.5, 0.6) is 5.75 Å². The molecule has 21 heavy (non-hydrogen) atoms. The Morgan fingerprint density at radius 1 is 1.43 bits per heavy atom. The van der Waals surface area contributed by atoms with Gasteiger partial charge in [0.1, 0.15) is 10.4 Å². The van der Waals surface area contributed by atoms with E-state index in [1.54, 1.807) is 19.3 Å². The molecule has 0 unspecified atom stereocenters. The Kier molecular flexibility index (Phi) is 4.75. The normalized spacial score (nSPS) is 12.2. The van der Waals surface area contributed by atoms with Gasteiger partial charge in [0.25, 0.3) is 5.56 Å². The number of hydrogen-bond donors (Lipinski definition) is 0. The Morgan fingerprint density at radius 3 is 2.71 bits per heavy atom. The molecular weight excluding hydrogens is 284 g/mol. The first-order valence-electron chi connectivity index (χ1n) is 6.25. The highest BCUT2D eigenvalue weighted by Crippen LogP contribution is 2.11. The van der Waals surface area contributed by atoms with Crippen LogP contribution in [0.15, 0.2) is 41.7 Å². The maximum atomic E-state index is 12.3. The molecule has 1 aromatic heterocycles. The molecule has 2 rings (SSSR count). The van der Waals surface area contributed by atoms with E-state index < -0.39 is 0 Å². The summed E-state index contributed by atoms with van der Waals surface area (Å²) in [7, 11) is 1.61. The molecule has 0 saturated heterocycles. The summed E-state index contributed by atoms with van der Waals surface area (Å²) in [6, 6.07) is 9.39. The van der Waals surface area contributed by atoms with Gasteiger partial charge in [0.2, 0.25) is 0 Å². The second kappa shape index (κ2) is 6.73. The van der Waals surface area contributed by atoms with E-state index in [1.165, 1.54) is 22.0 Å². The summed E-state index contributed by atoms with van der Waals surface area (Å²) in [6.45, 7) is 4.02. The van der Waals surface area contributed by atoms with E-state index in [0.717, 1.165) is 11.3 Å². The summed E-state index contributed by atoms with van der Waals surface area (Å²) >= 11 is 1.29. The van der Waals surface area contributed by atoms with E-state index >= 15 is 0 Å². The fraction of sp³-hybridized carbons (Fsp3) is 0.125. The first kappa shape index (κ1) is 14.8. The van der Waals surface area contributed by atoms with Gasteiger partial charge in [-0.3, -0.25) is 9.36 Å². The van der Waals surface area contributed by atoms with E-state index in [-0.39, 0.29) is 5.56 Å². The van der Waals surface area contributed by atoms with Crippen LogP contribution in [0.3, 0.4) is 0 Å². The minimum atomic E-state index is -0.114. The Labute approximate surface area is 126 Å². The van der Waals surface area contributed by atoms with Gasteiger partial charge in [-0.05, 0) is 23.8 Å². The van der Waals surface area contributed by atoms with Crippen molar-refractivity contribution < 1.29 is 4.74 Å². The summed E-state index contributed by atoms with van der Waals surface area (Å²) in [6.07, 6.45) is 4.82. The number of benzene rings is 1. The predicted molar refractivity (Wildman–Crippen MR) is 84.7 cm³/mol. The fourth-order valence-electron chi connectivity index (χ4n) is 1.85. The predicted octanol–water partition coefficient (Wildman–Crippen LogP) is 1.24. The van der Waals surface area contributed by atoms with E-state index in [2.05, 4.69) is 6.58 Å². The van der Waals surface area contributed by atoms with Gasteiger partial charge in [0, 0.05) is 12.6 Å². The Balaban J connectivity index is 2.58. The second-order valence-corrected chi connectivity index (χ2v) is 5.26. The monoisotopic (exact) mass is 298 g/mol. The van der Waals surface area contributed by atoms with Crippen LogP contribution in [0.1, 0.15) is 5.56 Å². The number of nitriles is 1. The molecule has 0 aliphatic carbocycles.